The van der Waals surface area contributed by atoms with Gasteiger partial charge in [-0.1, -0.05) is 39.7 Å². The molecule has 0 aliphatic heterocycles. The summed E-state index contributed by atoms with van der Waals surface area (Å²) in [7, 11) is 1.31. The van der Waals surface area contributed by atoms with E-state index in [0.29, 0.717) is 22.3 Å². The number of methoxy groups -OCH3 is 1. The van der Waals surface area contributed by atoms with Crippen LogP contribution in [0.4, 0.5) is 0 Å². The van der Waals surface area contributed by atoms with Crippen molar-refractivity contribution in [1.82, 2.24) is 0 Å². The standard InChI is InChI=1S/C16H14BrClO4/c1-10(16(19)20-2)21-14-5-3-4-6-15(14)22-13-8-7-11(17)9-12(13)18/h3-10H,1-2H3. The zero-order valence-electron chi connectivity index (χ0n) is 12.0. The maximum atomic E-state index is 11.5. The highest BCUT2D eigenvalue weighted by molar-refractivity contribution is 9.10. The Bertz CT molecular complexity index is 675. The Morgan fingerprint density at radius 3 is 2.45 bits per heavy atom. The number of hydrogen-bond donors (Lipinski definition) is 0. The molecule has 0 heterocycles. The molecule has 0 aromatic heterocycles. The van der Waals surface area contributed by atoms with Crippen LogP contribution in [-0.2, 0) is 9.53 Å². The molecule has 2 rings (SSSR count). The van der Waals surface area contributed by atoms with Crippen LogP contribution in [-0.4, -0.2) is 19.2 Å². The summed E-state index contributed by atoms with van der Waals surface area (Å²) in [5, 5.41) is 0.463. The molecule has 0 aliphatic carbocycles. The highest BCUT2D eigenvalue weighted by atomic mass is 79.9. The summed E-state index contributed by atoms with van der Waals surface area (Å²) in [5.74, 6) is 0.921. The molecule has 0 aliphatic rings. The molecular formula is C16H14BrClO4. The van der Waals surface area contributed by atoms with Gasteiger partial charge in [-0.15, -0.1) is 0 Å². The lowest BCUT2D eigenvalue weighted by molar-refractivity contribution is -0.147. The van der Waals surface area contributed by atoms with Crippen LogP contribution in [0.1, 0.15) is 6.92 Å². The summed E-state index contributed by atoms with van der Waals surface area (Å²) in [4.78, 5) is 11.5. The van der Waals surface area contributed by atoms with E-state index in [1.165, 1.54) is 7.11 Å². The number of esters is 1. The van der Waals surface area contributed by atoms with Gasteiger partial charge < -0.3 is 14.2 Å². The smallest absolute Gasteiger partial charge is 0.346 e. The van der Waals surface area contributed by atoms with Crippen LogP contribution in [0.5, 0.6) is 17.2 Å². The molecule has 6 heteroatoms. The normalized spacial score (nSPS) is 11.6. The van der Waals surface area contributed by atoms with Gasteiger partial charge in [0.25, 0.3) is 0 Å². The van der Waals surface area contributed by atoms with Crippen molar-refractivity contribution < 1.29 is 19.0 Å². The van der Waals surface area contributed by atoms with Gasteiger partial charge in [0.2, 0.25) is 0 Å². The van der Waals surface area contributed by atoms with Crippen molar-refractivity contribution in [3.63, 3.8) is 0 Å². The van der Waals surface area contributed by atoms with Crippen molar-refractivity contribution in [2.75, 3.05) is 7.11 Å². The van der Waals surface area contributed by atoms with E-state index >= 15 is 0 Å². The van der Waals surface area contributed by atoms with E-state index in [1.807, 2.05) is 6.07 Å². The molecule has 1 unspecified atom stereocenters. The molecule has 1 atom stereocenters. The van der Waals surface area contributed by atoms with Crippen molar-refractivity contribution in [3.05, 3.63) is 52.0 Å². The Morgan fingerprint density at radius 1 is 1.14 bits per heavy atom. The molecule has 0 N–H and O–H groups in total. The number of carbonyl (C=O) groups is 1. The first-order chi connectivity index (χ1) is 10.5. The number of hydrogen-bond acceptors (Lipinski definition) is 4. The summed E-state index contributed by atoms with van der Waals surface area (Å²) < 4.78 is 16.9. The Kier molecular flexibility index (Phi) is 5.69. The van der Waals surface area contributed by atoms with Crippen molar-refractivity contribution in [2.45, 2.75) is 13.0 Å². The molecule has 0 bridgehead atoms. The molecule has 22 heavy (non-hydrogen) atoms. The lowest BCUT2D eigenvalue weighted by Gasteiger charge is -2.16. The first-order valence-electron chi connectivity index (χ1n) is 6.47. The van der Waals surface area contributed by atoms with E-state index in [0.717, 1.165) is 4.47 Å². The number of halogens is 2. The maximum Gasteiger partial charge on any atom is 0.346 e. The summed E-state index contributed by atoms with van der Waals surface area (Å²) in [6.07, 6.45) is -0.741. The fourth-order valence-electron chi connectivity index (χ4n) is 1.71. The Hall–Kier alpha value is -1.72. The van der Waals surface area contributed by atoms with Gasteiger partial charge in [0.1, 0.15) is 5.75 Å². The quantitative estimate of drug-likeness (QED) is 0.691. The summed E-state index contributed by atoms with van der Waals surface area (Å²) in [5.41, 5.74) is 0. The van der Waals surface area contributed by atoms with Crippen LogP contribution in [0.15, 0.2) is 46.9 Å². The van der Waals surface area contributed by atoms with Gasteiger partial charge in [-0.25, -0.2) is 4.79 Å². The molecule has 2 aromatic rings. The number of rotatable bonds is 5. The SMILES string of the molecule is COC(=O)C(C)Oc1ccccc1Oc1ccc(Br)cc1Cl. The Balaban J connectivity index is 2.23. The maximum absolute atomic E-state index is 11.5. The fourth-order valence-corrected chi connectivity index (χ4v) is 2.42. The van der Waals surface area contributed by atoms with E-state index in [-0.39, 0.29) is 0 Å². The van der Waals surface area contributed by atoms with Gasteiger partial charge in [0.15, 0.2) is 17.6 Å². The van der Waals surface area contributed by atoms with E-state index in [4.69, 9.17) is 21.1 Å². The van der Waals surface area contributed by atoms with Crippen molar-refractivity contribution in [3.8, 4) is 17.2 Å². The van der Waals surface area contributed by atoms with E-state index < -0.39 is 12.1 Å². The molecule has 0 saturated carbocycles. The molecular weight excluding hydrogens is 372 g/mol. The fraction of sp³-hybridized carbons (Fsp3) is 0.188. The molecule has 0 amide bonds. The predicted octanol–water partition coefficient (Wildman–Crippen LogP) is 4.84. The minimum atomic E-state index is -0.741. The molecule has 116 valence electrons. The second-order valence-electron chi connectivity index (χ2n) is 4.41. The first-order valence-corrected chi connectivity index (χ1v) is 7.64. The Morgan fingerprint density at radius 2 is 1.82 bits per heavy atom. The monoisotopic (exact) mass is 384 g/mol. The zero-order valence-corrected chi connectivity index (χ0v) is 14.3. The topological polar surface area (TPSA) is 44.8 Å². The molecule has 0 spiro atoms. The van der Waals surface area contributed by atoms with Crippen molar-refractivity contribution >= 4 is 33.5 Å². The molecule has 0 fully saturated rings. The van der Waals surface area contributed by atoms with Crippen LogP contribution in [0, 0.1) is 0 Å². The van der Waals surface area contributed by atoms with Gasteiger partial charge >= 0.3 is 5.97 Å². The lowest BCUT2D eigenvalue weighted by Crippen LogP contribution is -2.25. The zero-order chi connectivity index (χ0) is 16.1. The van der Waals surface area contributed by atoms with Gasteiger partial charge in [-0.2, -0.15) is 0 Å². The van der Waals surface area contributed by atoms with Crippen LogP contribution >= 0.6 is 27.5 Å². The van der Waals surface area contributed by atoms with Crippen molar-refractivity contribution in [1.29, 1.82) is 0 Å². The highest BCUT2D eigenvalue weighted by Crippen LogP contribution is 2.36. The molecule has 2 aromatic carbocycles. The third kappa shape index (κ3) is 4.15. The largest absolute Gasteiger partial charge is 0.475 e. The number of para-hydroxylation sites is 2. The van der Waals surface area contributed by atoms with Crippen LogP contribution < -0.4 is 9.47 Å². The second-order valence-corrected chi connectivity index (χ2v) is 5.73. The first kappa shape index (κ1) is 16.6. The minimum absolute atomic E-state index is 0.430. The predicted molar refractivity (Wildman–Crippen MR) is 87.8 cm³/mol. The molecule has 0 radical (unpaired) electrons. The summed E-state index contributed by atoms with van der Waals surface area (Å²) in [6.45, 7) is 1.61. The summed E-state index contributed by atoms with van der Waals surface area (Å²) in [6, 6.07) is 12.3. The van der Waals surface area contributed by atoms with E-state index in [1.54, 1.807) is 43.3 Å². The third-order valence-corrected chi connectivity index (χ3v) is 3.59. The number of ether oxygens (including phenoxy) is 3. The van der Waals surface area contributed by atoms with Gasteiger partial charge in [0, 0.05) is 4.47 Å². The minimum Gasteiger partial charge on any atom is -0.475 e. The highest BCUT2D eigenvalue weighted by Gasteiger charge is 2.17. The lowest BCUT2D eigenvalue weighted by atomic mass is 10.3. The second kappa shape index (κ2) is 7.51. The molecule has 4 nitrogen and oxygen atoms in total. The van der Waals surface area contributed by atoms with Crippen LogP contribution in [0.2, 0.25) is 5.02 Å². The van der Waals surface area contributed by atoms with Gasteiger partial charge in [-0.3, -0.25) is 0 Å². The number of carbonyl (C=O) groups excluding carboxylic acids is 1. The van der Waals surface area contributed by atoms with E-state index in [2.05, 4.69) is 20.7 Å². The van der Waals surface area contributed by atoms with Crippen LogP contribution in [0.3, 0.4) is 0 Å². The average molecular weight is 386 g/mol. The molecule has 0 saturated heterocycles. The van der Waals surface area contributed by atoms with E-state index in [9.17, 15) is 4.79 Å². The number of benzene rings is 2. The summed E-state index contributed by atoms with van der Waals surface area (Å²) >= 11 is 9.48. The third-order valence-electron chi connectivity index (χ3n) is 2.80. The van der Waals surface area contributed by atoms with Gasteiger partial charge in [0.05, 0.1) is 12.1 Å². The van der Waals surface area contributed by atoms with Crippen molar-refractivity contribution in [2.24, 2.45) is 0 Å². The Labute approximate surface area is 142 Å². The average Bonchev–Trinajstić information content (AvgIpc) is 2.50. The van der Waals surface area contributed by atoms with Gasteiger partial charge in [-0.05, 0) is 37.3 Å². The van der Waals surface area contributed by atoms with Crippen LogP contribution in [0.25, 0.3) is 0 Å².